The zero-order valence-corrected chi connectivity index (χ0v) is 13.4. The van der Waals surface area contributed by atoms with Crippen LogP contribution in [0, 0.1) is 11.8 Å². The molecular formula is C15H20Si2. The molecule has 0 amide bonds. The number of hydrogen-bond acceptors (Lipinski definition) is 0. The highest BCUT2D eigenvalue weighted by Crippen LogP contribution is 2.46. The SMILES string of the molecule is C[Si](C)(C)C1=C(C#Cc2ccccc2)[Si]1(C)C. The zero-order valence-electron chi connectivity index (χ0n) is 11.4. The summed E-state index contributed by atoms with van der Waals surface area (Å²) in [5.74, 6) is 6.76. The van der Waals surface area contributed by atoms with Gasteiger partial charge in [-0.1, -0.05) is 67.6 Å². The van der Waals surface area contributed by atoms with Gasteiger partial charge in [-0.05, 0) is 17.3 Å². The Morgan fingerprint density at radius 1 is 0.941 bits per heavy atom. The van der Waals surface area contributed by atoms with Crippen molar-refractivity contribution in [3.63, 3.8) is 0 Å². The Balaban J connectivity index is 2.27. The molecule has 0 atom stereocenters. The summed E-state index contributed by atoms with van der Waals surface area (Å²) >= 11 is 0. The van der Waals surface area contributed by atoms with Gasteiger partial charge in [-0.15, -0.1) is 0 Å². The molecule has 1 aliphatic heterocycles. The molecule has 1 aromatic carbocycles. The lowest BCUT2D eigenvalue weighted by molar-refractivity contribution is 1.65. The monoisotopic (exact) mass is 256 g/mol. The predicted octanol–water partition coefficient (Wildman–Crippen LogP) is 4.01. The first-order valence-corrected chi connectivity index (χ1v) is 12.7. The van der Waals surface area contributed by atoms with Crippen LogP contribution in [0.25, 0.3) is 0 Å². The van der Waals surface area contributed by atoms with Gasteiger partial charge in [0, 0.05) is 5.56 Å². The van der Waals surface area contributed by atoms with Gasteiger partial charge in [-0.3, -0.25) is 0 Å². The largest absolute Gasteiger partial charge is 0.113 e. The van der Waals surface area contributed by atoms with Crippen LogP contribution in [0.15, 0.2) is 40.3 Å². The minimum Gasteiger partial charge on any atom is -0.0782 e. The Morgan fingerprint density at radius 3 is 2.00 bits per heavy atom. The predicted molar refractivity (Wildman–Crippen MR) is 81.2 cm³/mol. The van der Waals surface area contributed by atoms with Crippen molar-refractivity contribution >= 4 is 16.1 Å². The summed E-state index contributed by atoms with van der Waals surface area (Å²) in [7, 11) is -2.31. The summed E-state index contributed by atoms with van der Waals surface area (Å²) in [6.45, 7) is 12.2. The van der Waals surface area contributed by atoms with Gasteiger partial charge in [0.25, 0.3) is 0 Å². The first-order valence-electron chi connectivity index (χ1n) is 6.16. The van der Waals surface area contributed by atoms with Crippen LogP contribution in [0.3, 0.4) is 0 Å². The summed E-state index contributed by atoms with van der Waals surface area (Å²) < 4.78 is 0. The minimum absolute atomic E-state index is 1.12. The fraction of sp³-hybridized carbons (Fsp3) is 0.333. The van der Waals surface area contributed by atoms with E-state index in [9.17, 15) is 0 Å². The first-order chi connectivity index (χ1) is 7.83. The van der Waals surface area contributed by atoms with E-state index in [1.807, 2.05) is 18.2 Å². The van der Waals surface area contributed by atoms with E-state index in [1.54, 1.807) is 4.82 Å². The quantitative estimate of drug-likeness (QED) is 0.526. The summed E-state index contributed by atoms with van der Waals surface area (Å²) in [6, 6.07) is 10.3. The average molecular weight is 256 g/mol. The molecule has 0 fully saturated rings. The molecule has 0 unspecified atom stereocenters. The van der Waals surface area contributed by atoms with Crippen LogP contribution in [-0.4, -0.2) is 16.1 Å². The Labute approximate surface area is 107 Å². The average Bonchev–Trinajstić information content (AvgIpc) is 2.79. The van der Waals surface area contributed by atoms with E-state index in [4.69, 9.17) is 0 Å². The molecule has 0 spiro atoms. The Kier molecular flexibility index (Phi) is 2.93. The molecule has 88 valence electrons. The summed E-state index contributed by atoms with van der Waals surface area (Å²) in [4.78, 5) is 1.79. The highest BCUT2D eigenvalue weighted by molar-refractivity contribution is 7.18. The second-order valence-corrected chi connectivity index (χ2v) is 16.0. The maximum Gasteiger partial charge on any atom is 0.113 e. The van der Waals surface area contributed by atoms with E-state index >= 15 is 0 Å². The standard InChI is InChI=1S/C15H20Si2/c1-16(2,3)15-14(17(15,4)5)12-11-13-9-7-6-8-10-13/h6-10H,1-5H3. The molecular weight excluding hydrogens is 236 g/mol. The summed E-state index contributed by atoms with van der Waals surface area (Å²) in [6.07, 6.45) is 0. The molecule has 17 heavy (non-hydrogen) atoms. The van der Waals surface area contributed by atoms with Crippen LogP contribution < -0.4 is 0 Å². The minimum atomic E-state index is -1.19. The van der Waals surface area contributed by atoms with E-state index in [2.05, 4.69) is 56.7 Å². The lowest BCUT2D eigenvalue weighted by Crippen LogP contribution is -2.27. The second-order valence-electron chi connectivity index (χ2n) is 6.24. The lowest BCUT2D eigenvalue weighted by Gasteiger charge is -2.14. The fourth-order valence-corrected chi connectivity index (χ4v) is 15.3. The molecule has 2 rings (SSSR count). The van der Waals surface area contributed by atoms with E-state index < -0.39 is 16.1 Å². The normalized spacial score (nSPS) is 17.5. The molecule has 0 aliphatic carbocycles. The molecule has 0 N–H and O–H groups in total. The van der Waals surface area contributed by atoms with Gasteiger partial charge >= 0.3 is 0 Å². The maximum absolute atomic E-state index is 3.45. The van der Waals surface area contributed by atoms with Crippen molar-refractivity contribution in [3.05, 3.63) is 45.9 Å². The summed E-state index contributed by atoms with van der Waals surface area (Å²) in [5, 5.41) is 1.53. The van der Waals surface area contributed by atoms with Crippen LogP contribution >= 0.6 is 0 Å². The topological polar surface area (TPSA) is 0 Å². The zero-order chi connectivity index (χ0) is 12.7. The van der Waals surface area contributed by atoms with Gasteiger partial charge in [0.15, 0.2) is 0 Å². The molecule has 0 saturated heterocycles. The summed E-state index contributed by atoms with van der Waals surface area (Å²) in [5.41, 5.74) is 1.13. The molecule has 2 heteroatoms. The highest BCUT2D eigenvalue weighted by atomic mass is 28.4. The molecule has 1 heterocycles. The molecule has 1 aliphatic rings. The molecule has 0 nitrogen and oxygen atoms in total. The maximum atomic E-state index is 3.45. The third kappa shape index (κ3) is 2.46. The van der Waals surface area contributed by atoms with Crippen molar-refractivity contribution in [1.29, 1.82) is 0 Å². The van der Waals surface area contributed by atoms with Gasteiger partial charge < -0.3 is 0 Å². The third-order valence-corrected chi connectivity index (χ3v) is 12.3. The van der Waals surface area contributed by atoms with E-state index in [-0.39, 0.29) is 0 Å². The third-order valence-electron chi connectivity index (χ3n) is 3.29. The molecule has 0 saturated carbocycles. The van der Waals surface area contributed by atoms with Gasteiger partial charge in [0.1, 0.15) is 8.07 Å². The van der Waals surface area contributed by atoms with Crippen molar-refractivity contribution in [2.24, 2.45) is 0 Å². The van der Waals surface area contributed by atoms with Crippen LogP contribution in [0.2, 0.25) is 32.7 Å². The van der Waals surface area contributed by atoms with E-state index in [0.29, 0.717) is 0 Å². The van der Waals surface area contributed by atoms with Crippen LogP contribution in [0.4, 0.5) is 0 Å². The molecule has 0 radical (unpaired) electrons. The van der Waals surface area contributed by atoms with Gasteiger partial charge in [0.2, 0.25) is 0 Å². The second kappa shape index (κ2) is 4.01. The number of hydrogen-bond donors (Lipinski definition) is 0. The smallest absolute Gasteiger partial charge is 0.0782 e. The number of rotatable bonds is 1. The molecule has 0 aromatic heterocycles. The molecule has 1 aromatic rings. The molecule has 0 bridgehead atoms. The highest BCUT2D eigenvalue weighted by Gasteiger charge is 2.51. The van der Waals surface area contributed by atoms with Gasteiger partial charge in [0.05, 0.1) is 8.07 Å². The van der Waals surface area contributed by atoms with Crippen molar-refractivity contribution in [3.8, 4) is 11.8 Å². The van der Waals surface area contributed by atoms with Crippen molar-refractivity contribution in [2.45, 2.75) is 32.7 Å². The Bertz CT molecular complexity index is 520. The first kappa shape index (κ1) is 12.4. The van der Waals surface area contributed by atoms with Crippen molar-refractivity contribution in [2.75, 3.05) is 0 Å². The fourth-order valence-electron chi connectivity index (χ4n) is 2.66. The van der Waals surface area contributed by atoms with Crippen LogP contribution in [-0.2, 0) is 0 Å². The van der Waals surface area contributed by atoms with Gasteiger partial charge in [-0.2, -0.15) is 0 Å². The van der Waals surface area contributed by atoms with Crippen molar-refractivity contribution in [1.82, 2.24) is 0 Å². The lowest BCUT2D eigenvalue weighted by atomic mass is 10.2. The van der Waals surface area contributed by atoms with Crippen LogP contribution in [0.5, 0.6) is 0 Å². The van der Waals surface area contributed by atoms with Crippen molar-refractivity contribution < 1.29 is 0 Å². The van der Waals surface area contributed by atoms with E-state index in [1.165, 1.54) is 5.20 Å². The number of benzene rings is 1. The Hall–Kier alpha value is -1.05. The number of allylic oxidation sites excluding steroid dienone is 1. The van der Waals surface area contributed by atoms with Gasteiger partial charge in [-0.25, -0.2) is 0 Å². The van der Waals surface area contributed by atoms with E-state index in [0.717, 1.165) is 5.56 Å². The van der Waals surface area contributed by atoms with Crippen LogP contribution in [0.1, 0.15) is 5.56 Å². The Morgan fingerprint density at radius 2 is 1.53 bits per heavy atom.